The number of nitrogens with one attached hydrogen (secondary N) is 2. The van der Waals surface area contributed by atoms with Crippen molar-refractivity contribution in [2.75, 3.05) is 18.4 Å². The van der Waals surface area contributed by atoms with Crippen LogP contribution in [-0.4, -0.2) is 35.5 Å². The molecule has 128 valence electrons. The normalized spacial score (nSPS) is 21.8. The Morgan fingerprint density at radius 3 is 2.78 bits per heavy atom. The number of β-amino-alcohol motifs (C(OH)–C–C–N with tert-alkyl or cyclic N) is 1. The Balaban J connectivity index is 2.08. The second-order valence-corrected chi connectivity index (χ2v) is 7.46. The molecule has 5 nitrogen and oxygen atoms in total. The van der Waals surface area contributed by atoms with Crippen LogP contribution in [0.5, 0.6) is 0 Å². The Morgan fingerprint density at radius 1 is 1.43 bits per heavy atom. The van der Waals surface area contributed by atoms with Crippen LogP contribution in [0.4, 0.5) is 10.5 Å². The second-order valence-electron chi connectivity index (χ2n) is 7.46. The minimum atomic E-state index is -0.712. The number of hydrogen-bond acceptors (Lipinski definition) is 4. The molecule has 0 bridgehead atoms. The summed E-state index contributed by atoms with van der Waals surface area (Å²) in [5.41, 5.74) is 1.46. The Hall–Kier alpha value is -1.59. The van der Waals surface area contributed by atoms with E-state index in [-0.39, 0.29) is 0 Å². The Morgan fingerprint density at radius 2 is 2.17 bits per heavy atom. The van der Waals surface area contributed by atoms with E-state index in [4.69, 9.17) is 4.74 Å². The van der Waals surface area contributed by atoms with E-state index in [2.05, 4.69) is 10.6 Å². The van der Waals surface area contributed by atoms with Crippen LogP contribution < -0.4 is 10.6 Å². The largest absolute Gasteiger partial charge is 0.444 e. The molecule has 0 aliphatic carbocycles. The highest BCUT2D eigenvalue weighted by Gasteiger charge is 2.29. The minimum absolute atomic E-state index is 0.462. The molecule has 1 amide bonds. The van der Waals surface area contributed by atoms with Gasteiger partial charge in [-0.15, -0.1) is 0 Å². The molecule has 0 saturated carbocycles. The third kappa shape index (κ3) is 5.52. The van der Waals surface area contributed by atoms with Crippen molar-refractivity contribution in [2.45, 2.75) is 58.2 Å². The van der Waals surface area contributed by atoms with E-state index in [1.165, 1.54) is 0 Å². The fourth-order valence-corrected chi connectivity index (χ4v) is 2.81. The summed E-state index contributed by atoms with van der Waals surface area (Å²) in [5, 5.41) is 16.7. The van der Waals surface area contributed by atoms with Gasteiger partial charge in [-0.25, -0.2) is 4.79 Å². The molecular weight excluding hydrogens is 292 g/mol. The van der Waals surface area contributed by atoms with E-state index in [0.29, 0.717) is 13.0 Å². The van der Waals surface area contributed by atoms with Gasteiger partial charge in [-0.1, -0.05) is 12.1 Å². The molecule has 1 fully saturated rings. The summed E-state index contributed by atoms with van der Waals surface area (Å²) in [4.78, 5) is 12.0. The molecule has 0 radical (unpaired) electrons. The minimum Gasteiger partial charge on any atom is -0.444 e. The highest BCUT2D eigenvalue weighted by atomic mass is 16.6. The molecule has 2 rings (SSSR count). The van der Waals surface area contributed by atoms with Gasteiger partial charge in [0, 0.05) is 18.7 Å². The highest BCUT2D eigenvalue weighted by Crippen LogP contribution is 2.25. The monoisotopic (exact) mass is 320 g/mol. The fourth-order valence-electron chi connectivity index (χ4n) is 2.81. The second kappa shape index (κ2) is 6.89. The average Bonchev–Trinajstić information content (AvgIpc) is 2.41. The molecule has 1 aliphatic heterocycles. The lowest BCUT2D eigenvalue weighted by molar-refractivity contribution is 0.0169. The van der Waals surface area contributed by atoms with E-state index in [1.807, 2.05) is 45.9 Å². The van der Waals surface area contributed by atoms with Crippen molar-refractivity contribution in [1.29, 1.82) is 0 Å². The zero-order chi connectivity index (χ0) is 17.1. The van der Waals surface area contributed by atoms with Crippen molar-refractivity contribution in [2.24, 2.45) is 0 Å². The first-order chi connectivity index (χ1) is 10.7. The van der Waals surface area contributed by atoms with Gasteiger partial charge in [0.25, 0.3) is 0 Å². The van der Waals surface area contributed by atoms with Gasteiger partial charge in [0.05, 0.1) is 5.60 Å². The molecule has 0 aromatic heterocycles. The van der Waals surface area contributed by atoms with Crippen molar-refractivity contribution in [3.8, 4) is 0 Å². The van der Waals surface area contributed by atoms with Gasteiger partial charge < -0.3 is 15.2 Å². The lowest BCUT2D eigenvalue weighted by Crippen LogP contribution is -2.47. The first-order valence-electron chi connectivity index (χ1n) is 8.20. The Bertz CT molecular complexity index is 558. The molecule has 3 N–H and O–H groups in total. The zero-order valence-electron chi connectivity index (χ0n) is 14.5. The highest BCUT2D eigenvalue weighted by molar-refractivity contribution is 5.86. The van der Waals surface area contributed by atoms with Crippen LogP contribution >= 0.6 is 0 Å². The van der Waals surface area contributed by atoms with Crippen molar-refractivity contribution in [3.05, 3.63) is 29.3 Å². The van der Waals surface area contributed by atoms with Crippen molar-refractivity contribution >= 4 is 11.8 Å². The summed E-state index contributed by atoms with van der Waals surface area (Å²) in [6.07, 6.45) is 1.88. The van der Waals surface area contributed by atoms with Crippen LogP contribution in [0, 0.1) is 6.92 Å². The number of amides is 1. The number of anilines is 1. The van der Waals surface area contributed by atoms with Crippen LogP contribution in [-0.2, 0) is 11.2 Å². The number of benzene rings is 1. The van der Waals surface area contributed by atoms with Crippen molar-refractivity contribution < 1.29 is 14.6 Å². The standard InChI is InChI=1S/C18H28N2O3/c1-13-6-7-14(11-18(22)8-5-9-19-12-18)10-15(13)20-16(21)23-17(2,3)4/h6-7,10,19,22H,5,8-9,11-12H2,1-4H3,(H,20,21). The van der Waals surface area contributed by atoms with E-state index in [1.54, 1.807) is 0 Å². The molecule has 1 aromatic carbocycles. The van der Waals surface area contributed by atoms with Crippen LogP contribution in [0.25, 0.3) is 0 Å². The van der Waals surface area contributed by atoms with Gasteiger partial charge in [0.15, 0.2) is 0 Å². The first kappa shape index (κ1) is 17.8. The number of piperidine rings is 1. The fraction of sp³-hybridized carbons (Fsp3) is 0.611. The number of carbonyl (C=O) groups is 1. The number of carbonyl (C=O) groups excluding carboxylic acids is 1. The lowest BCUT2D eigenvalue weighted by Gasteiger charge is -2.33. The van der Waals surface area contributed by atoms with Gasteiger partial charge in [-0.2, -0.15) is 0 Å². The van der Waals surface area contributed by atoms with Gasteiger partial charge >= 0.3 is 6.09 Å². The Kier molecular flexibility index (Phi) is 5.32. The van der Waals surface area contributed by atoms with E-state index >= 15 is 0 Å². The molecular formula is C18H28N2O3. The average molecular weight is 320 g/mol. The molecule has 1 aromatic rings. The molecule has 1 atom stereocenters. The lowest BCUT2D eigenvalue weighted by atomic mass is 9.87. The van der Waals surface area contributed by atoms with Gasteiger partial charge in [0.2, 0.25) is 0 Å². The maximum Gasteiger partial charge on any atom is 0.412 e. The number of hydrogen-bond donors (Lipinski definition) is 3. The predicted octanol–water partition coefficient (Wildman–Crippen LogP) is 3.00. The summed E-state index contributed by atoms with van der Waals surface area (Å²) < 4.78 is 5.30. The van der Waals surface area contributed by atoms with E-state index < -0.39 is 17.3 Å². The smallest absolute Gasteiger partial charge is 0.412 e. The molecule has 23 heavy (non-hydrogen) atoms. The van der Waals surface area contributed by atoms with Crippen LogP contribution in [0.3, 0.4) is 0 Å². The molecule has 1 heterocycles. The van der Waals surface area contributed by atoms with Crippen molar-refractivity contribution in [1.82, 2.24) is 5.32 Å². The van der Waals surface area contributed by atoms with Crippen LogP contribution in [0.1, 0.15) is 44.7 Å². The van der Waals surface area contributed by atoms with Gasteiger partial charge in [0.1, 0.15) is 5.60 Å². The number of aryl methyl sites for hydroxylation is 1. The summed E-state index contributed by atoms with van der Waals surface area (Å²) in [6.45, 7) is 9.01. The third-order valence-corrected chi connectivity index (χ3v) is 3.92. The summed E-state index contributed by atoms with van der Waals surface area (Å²) in [5.74, 6) is 0. The quantitative estimate of drug-likeness (QED) is 0.801. The third-order valence-electron chi connectivity index (χ3n) is 3.92. The maximum absolute atomic E-state index is 12.0. The summed E-state index contributed by atoms with van der Waals surface area (Å²) >= 11 is 0. The molecule has 5 heteroatoms. The van der Waals surface area contributed by atoms with Crippen LogP contribution in [0.2, 0.25) is 0 Å². The van der Waals surface area contributed by atoms with Gasteiger partial charge in [-0.3, -0.25) is 5.32 Å². The Labute approximate surface area is 138 Å². The summed E-state index contributed by atoms with van der Waals surface area (Å²) in [6, 6.07) is 5.88. The zero-order valence-corrected chi connectivity index (χ0v) is 14.5. The molecule has 1 saturated heterocycles. The first-order valence-corrected chi connectivity index (χ1v) is 8.20. The van der Waals surface area contributed by atoms with Crippen LogP contribution in [0.15, 0.2) is 18.2 Å². The SMILES string of the molecule is Cc1ccc(CC2(O)CCCNC2)cc1NC(=O)OC(C)(C)C. The maximum atomic E-state index is 12.0. The topological polar surface area (TPSA) is 70.6 Å². The van der Waals surface area contributed by atoms with Crippen molar-refractivity contribution in [3.63, 3.8) is 0 Å². The van der Waals surface area contributed by atoms with E-state index in [9.17, 15) is 9.90 Å². The molecule has 1 unspecified atom stereocenters. The summed E-state index contributed by atoms with van der Waals surface area (Å²) in [7, 11) is 0. The van der Waals surface area contributed by atoms with E-state index in [0.717, 1.165) is 36.2 Å². The molecule has 0 spiro atoms. The number of ether oxygens (including phenoxy) is 1. The number of aliphatic hydroxyl groups is 1. The number of rotatable bonds is 3. The van der Waals surface area contributed by atoms with Gasteiger partial charge in [-0.05, 0) is 64.3 Å². The molecule has 1 aliphatic rings. The predicted molar refractivity (Wildman–Crippen MR) is 91.8 cm³/mol.